The molecule has 8 heteroatoms. The van der Waals surface area contributed by atoms with Gasteiger partial charge in [0.05, 0.1) is 23.1 Å². The molecule has 3 aromatic rings. The predicted molar refractivity (Wildman–Crippen MR) is 132 cm³/mol. The van der Waals surface area contributed by atoms with E-state index in [4.69, 9.17) is 4.74 Å². The van der Waals surface area contributed by atoms with E-state index in [9.17, 15) is 14.0 Å². The number of carbonyl (C=O) groups is 2. The summed E-state index contributed by atoms with van der Waals surface area (Å²) in [6.45, 7) is 8.44. The van der Waals surface area contributed by atoms with E-state index in [2.05, 4.69) is 10.4 Å². The van der Waals surface area contributed by atoms with E-state index in [0.29, 0.717) is 42.9 Å². The number of benzene rings is 2. The van der Waals surface area contributed by atoms with Gasteiger partial charge in [0.1, 0.15) is 11.4 Å². The topological polar surface area (TPSA) is 76.5 Å². The molecule has 7 nitrogen and oxygen atoms in total. The molecule has 4 rings (SSSR count). The van der Waals surface area contributed by atoms with E-state index in [1.54, 1.807) is 21.7 Å². The first kappa shape index (κ1) is 24.4. The average Bonchev–Trinajstić information content (AvgIpc) is 3.25. The van der Waals surface area contributed by atoms with Crippen molar-refractivity contribution >= 4 is 17.7 Å². The number of anilines is 1. The monoisotopic (exact) mass is 478 g/mol. The van der Waals surface area contributed by atoms with Crippen LogP contribution in [0.5, 0.6) is 0 Å². The van der Waals surface area contributed by atoms with Crippen LogP contribution in [0.2, 0.25) is 0 Å². The fourth-order valence-electron chi connectivity index (χ4n) is 4.30. The van der Waals surface area contributed by atoms with Gasteiger partial charge in [-0.2, -0.15) is 5.10 Å². The third kappa shape index (κ3) is 5.70. The average molecular weight is 479 g/mol. The Bertz CT molecular complexity index is 1220. The number of para-hydroxylation sites is 1. The highest BCUT2D eigenvalue weighted by Gasteiger charge is 2.32. The van der Waals surface area contributed by atoms with Crippen molar-refractivity contribution in [1.82, 2.24) is 14.7 Å². The van der Waals surface area contributed by atoms with Crippen LogP contribution < -0.4 is 5.32 Å². The minimum absolute atomic E-state index is 0.0444. The zero-order chi connectivity index (χ0) is 25.2. The lowest BCUT2D eigenvalue weighted by molar-refractivity contribution is 0.0203. The number of carbonyl (C=O) groups excluding carboxylic acids is 2. The molecule has 0 saturated carbocycles. The Labute approximate surface area is 204 Å². The minimum atomic E-state index is -0.565. The molecule has 1 N–H and O–H groups in total. The van der Waals surface area contributed by atoms with Crippen molar-refractivity contribution in [3.63, 3.8) is 0 Å². The van der Waals surface area contributed by atoms with E-state index < -0.39 is 5.60 Å². The summed E-state index contributed by atoms with van der Waals surface area (Å²) < 4.78 is 21.2. The second kappa shape index (κ2) is 9.90. The van der Waals surface area contributed by atoms with Crippen LogP contribution in [0.1, 0.15) is 61.1 Å². The van der Waals surface area contributed by atoms with Crippen molar-refractivity contribution in [3.8, 4) is 5.69 Å². The van der Waals surface area contributed by atoms with E-state index in [1.807, 2.05) is 52.0 Å². The minimum Gasteiger partial charge on any atom is -0.444 e. The lowest BCUT2D eigenvalue weighted by Gasteiger charge is -2.34. The fraction of sp³-hybridized carbons (Fsp3) is 0.370. The Kier molecular flexibility index (Phi) is 6.91. The van der Waals surface area contributed by atoms with Gasteiger partial charge in [-0.25, -0.2) is 13.9 Å². The molecule has 1 aliphatic heterocycles. The highest BCUT2D eigenvalue weighted by Crippen LogP contribution is 2.33. The third-order valence-electron chi connectivity index (χ3n) is 6.03. The number of amides is 2. The quantitative estimate of drug-likeness (QED) is 0.523. The molecule has 184 valence electrons. The zero-order valence-corrected chi connectivity index (χ0v) is 20.5. The Balaban J connectivity index is 1.63. The maximum Gasteiger partial charge on any atom is 0.410 e. The Hall–Kier alpha value is -3.68. The van der Waals surface area contributed by atoms with Gasteiger partial charge >= 0.3 is 6.09 Å². The second-order valence-electron chi connectivity index (χ2n) is 9.85. The van der Waals surface area contributed by atoms with Crippen molar-refractivity contribution in [2.24, 2.45) is 0 Å². The maximum atomic E-state index is 14.0. The molecule has 0 radical (unpaired) electrons. The summed E-state index contributed by atoms with van der Waals surface area (Å²) in [7, 11) is 0. The fourth-order valence-corrected chi connectivity index (χ4v) is 4.30. The molecular formula is C27H31FN4O3. The number of nitrogens with zero attached hydrogens (tertiary/aromatic N) is 3. The summed E-state index contributed by atoms with van der Waals surface area (Å²) in [6, 6.07) is 13.7. The van der Waals surface area contributed by atoms with E-state index in [-0.39, 0.29) is 23.7 Å². The Morgan fingerprint density at radius 3 is 2.46 bits per heavy atom. The number of aromatic nitrogens is 2. The number of nitrogens with one attached hydrogen (secondary N) is 1. The first-order chi connectivity index (χ1) is 16.6. The number of aryl methyl sites for hydroxylation is 1. The number of likely N-dealkylation sites (tertiary alicyclic amines) is 1. The van der Waals surface area contributed by atoms with Crippen LogP contribution in [0.4, 0.5) is 14.9 Å². The molecular weight excluding hydrogens is 447 g/mol. The number of hydrogen-bond acceptors (Lipinski definition) is 4. The number of halogens is 1. The van der Waals surface area contributed by atoms with E-state index in [1.165, 1.54) is 18.3 Å². The summed E-state index contributed by atoms with van der Waals surface area (Å²) in [5.41, 5.74) is 2.81. The number of piperidine rings is 1. The number of rotatable bonds is 4. The SMILES string of the molecule is Cc1ccccc1NC(=O)c1cnn(-c2cccc(F)c2)c1C1CCN(C(=O)OC(C)(C)C)CC1. The van der Waals surface area contributed by atoms with Crippen LogP contribution in [0.25, 0.3) is 5.69 Å². The van der Waals surface area contributed by atoms with E-state index in [0.717, 1.165) is 11.3 Å². The molecule has 1 aliphatic rings. The lowest BCUT2D eigenvalue weighted by Crippen LogP contribution is -2.41. The van der Waals surface area contributed by atoms with Crippen LogP contribution in [-0.2, 0) is 4.74 Å². The zero-order valence-electron chi connectivity index (χ0n) is 20.5. The van der Waals surface area contributed by atoms with Crippen molar-refractivity contribution < 1.29 is 18.7 Å². The van der Waals surface area contributed by atoms with Gasteiger partial charge in [0.15, 0.2) is 0 Å². The van der Waals surface area contributed by atoms with Gasteiger partial charge in [0.25, 0.3) is 5.91 Å². The third-order valence-corrected chi connectivity index (χ3v) is 6.03. The maximum absolute atomic E-state index is 14.0. The standard InChI is InChI=1S/C27H31FN4O3/c1-18-8-5-6-11-23(18)30-25(33)22-17-29-32(21-10-7-9-20(28)16-21)24(22)19-12-14-31(15-13-19)26(34)35-27(2,3)4/h5-11,16-17,19H,12-15H2,1-4H3,(H,30,33). The summed E-state index contributed by atoms with van der Waals surface area (Å²) in [5.74, 6) is -0.696. The molecule has 0 unspecified atom stereocenters. The molecule has 1 saturated heterocycles. The molecule has 0 spiro atoms. The van der Waals surface area contributed by atoms with Crippen molar-refractivity contribution in [1.29, 1.82) is 0 Å². The summed E-state index contributed by atoms with van der Waals surface area (Å²) in [4.78, 5) is 27.6. The normalized spacial score (nSPS) is 14.6. The predicted octanol–water partition coefficient (Wildman–Crippen LogP) is 5.69. The van der Waals surface area contributed by atoms with Crippen LogP contribution in [0.3, 0.4) is 0 Å². The second-order valence-corrected chi connectivity index (χ2v) is 9.85. The molecule has 2 heterocycles. The van der Waals surface area contributed by atoms with Gasteiger partial charge in [0.2, 0.25) is 0 Å². The highest BCUT2D eigenvalue weighted by molar-refractivity contribution is 6.05. The van der Waals surface area contributed by atoms with Crippen LogP contribution in [-0.4, -0.2) is 45.4 Å². The molecule has 2 aromatic carbocycles. The van der Waals surface area contributed by atoms with Gasteiger partial charge < -0.3 is 15.0 Å². The molecule has 1 fully saturated rings. The van der Waals surface area contributed by atoms with Crippen LogP contribution >= 0.6 is 0 Å². The number of ether oxygens (including phenoxy) is 1. The lowest BCUT2D eigenvalue weighted by atomic mass is 9.90. The smallest absolute Gasteiger partial charge is 0.410 e. The Morgan fingerprint density at radius 1 is 1.09 bits per heavy atom. The summed E-state index contributed by atoms with van der Waals surface area (Å²) in [6.07, 6.45) is 2.45. The van der Waals surface area contributed by atoms with Crippen LogP contribution in [0, 0.1) is 12.7 Å². The molecule has 2 amide bonds. The summed E-state index contributed by atoms with van der Waals surface area (Å²) >= 11 is 0. The highest BCUT2D eigenvalue weighted by atomic mass is 19.1. The summed E-state index contributed by atoms with van der Waals surface area (Å²) in [5, 5.41) is 7.46. The molecule has 1 aromatic heterocycles. The molecule has 0 bridgehead atoms. The van der Waals surface area contributed by atoms with Crippen molar-refractivity contribution in [3.05, 3.63) is 77.4 Å². The molecule has 0 aliphatic carbocycles. The first-order valence-corrected chi connectivity index (χ1v) is 11.8. The van der Waals surface area contributed by atoms with E-state index >= 15 is 0 Å². The van der Waals surface area contributed by atoms with Gasteiger partial charge in [-0.1, -0.05) is 24.3 Å². The number of hydrogen-bond donors (Lipinski definition) is 1. The molecule has 0 atom stereocenters. The van der Waals surface area contributed by atoms with Gasteiger partial charge in [-0.15, -0.1) is 0 Å². The van der Waals surface area contributed by atoms with Crippen molar-refractivity contribution in [2.45, 2.75) is 52.1 Å². The van der Waals surface area contributed by atoms with Crippen molar-refractivity contribution in [2.75, 3.05) is 18.4 Å². The van der Waals surface area contributed by atoms with Gasteiger partial charge in [-0.05, 0) is 70.4 Å². The molecule has 35 heavy (non-hydrogen) atoms. The Morgan fingerprint density at radius 2 is 1.80 bits per heavy atom. The first-order valence-electron chi connectivity index (χ1n) is 11.8. The van der Waals surface area contributed by atoms with Gasteiger partial charge in [-0.3, -0.25) is 4.79 Å². The van der Waals surface area contributed by atoms with Gasteiger partial charge in [0, 0.05) is 24.7 Å². The van der Waals surface area contributed by atoms with Crippen LogP contribution in [0.15, 0.2) is 54.7 Å². The largest absolute Gasteiger partial charge is 0.444 e.